The van der Waals surface area contributed by atoms with E-state index in [0.29, 0.717) is 24.7 Å². The highest BCUT2D eigenvalue weighted by Gasteiger charge is 2.09. The van der Waals surface area contributed by atoms with Gasteiger partial charge in [0.15, 0.2) is 13.2 Å². The van der Waals surface area contributed by atoms with Crippen molar-refractivity contribution in [2.75, 3.05) is 19.8 Å². The maximum atomic E-state index is 11.8. The van der Waals surface area contributed by atoms with Crippen molar-refractivity contribution in [2.45, 2.75) is 38.7 Å². The van der Waals surface area contributed by atoms with Gasteiger partial charge in [0.05, 0.1) is 0 Å². The fourth-order valence-electron chi connectivity index (χ4n) is 3.25. The number of carbonyl (C=O) groups excluding carboxylic acids is 2. The summed E-state index contributed by atoms with van der Waals surface area (Å²) in [4.78, 5) is 23.6. The minimum Gasteiger partial charge on any atom is -0.489 e. The van der Waals surface area contributed by atoms with Crippen LogP contribution in [0.15, 0.2) is 66.2 Å². The fraction of sp³-hybridized carbons (Fsp3) is 0.360. The lowest BCUT2D eigenvalue weighted by atomic mass is 9.97. The number of amides is 1. The Balaban J connectivity index is 1.28. The SMILES string of the molecule is O=C(COC(=O)COc1ccc(OCc2ccccc2)cc1)NCCC1=CCCCC1. The predicted octanol–water partition coefficient (Wildman–Crippen LogP) is 4.19. The zero-order chi connectivity index (χ0) is 21.7. The number of hydrogen-bond donors (Lipinski definition) is 1. The number of hydrogen-bond acceptors (Lipinski definition) is 5. The van der Waals surface area contributed by atoms with Gasteiger partial charge in [-0.1, -0.05) is 42.0 Å². The molecule has 2 aromatic rings. The lowest BCUT2D eigenvalue weighted by Crippen LogP contribution is -2.30. The number of benzene rings is 2. The number of allylic oxidation sites excluding steroid dienone is 1. The van der Waals surface area contributed by atoms with Gasteiger partial charge in [0.1, 0.15) is 18.1 Å². The van der Waals surface area contributed by atoms with E-state index in [0.717, 1.165) is 24.8 Å². The van der Waals surface area contributed by atoms with Gasteiger partial charge in [0.25, 0.3) is 5.91 Å². The smallest absolute Gasteiger partial charge is 0.344 e. The Morgan fingerprint density at radius 3 is 2.32 bits per heavy atom. The molecule has 0 bridgehead atoms. The van der Waals surface area contributed by atoms with Gasteiger partial charge in [-0.05, 0) is 61.9 Å². The van der Waals surface area contributed by atoms with Crippen LogP contribution in [0.2, 0.25) is 0 Å². The fourth-order valence-corrected chi connectivity index (χ4v) is 3.25. The first-order valence-corrected chi connectivity index (χ1v) is 10.7. The third kappa shape index (κ3) is 8.54. The highest BCUT2D eigenvalue weighted by Crippen LogP contribution is 2.20. The molecule has 2 aromatic carbocycles. The lowest BCUT2D eigenvalue weighted by Gasteiger charge is -2.13. The molecule has 0 unspecified atom stereocenters. The van der Waals surface area contributed by atoms with Crippen LogP contribution < -0.4 is 14.8 Å². The van der Waals surface area contributed by atoms with Crippen LogP contribution in [0.1, 0.15) is 37.7 Å². The van der Waals surface area contributed by atoms with Gasteiger partial charge in [-0.15, -0.1) is 0 Å². The van der Waals surface area contributed by atoms with E-state index in [-0.39, 0.29) is 19.1 Å². The van der Waals surface area contributed by atoms with Crippen molar-refractivity contribution >= 4 is 11.9 Å². The quantitative estimate of drug-likeness (QED) is 0.433. The van der Waals surface area contributed by atoms with E-state index in [1.54, 1.807) is 24.3 Å². The molecule has 1 amide bonds. The first-order chi connectivity index (χ1) is 15.2. The molecule has 1 N–H and O–H groups in total. The summed E-state index contributed by atoms with van der Waals surface area (Å²) in [6.07, 6.45) is 7.83. The van der Waals surface area contributed by atoms with Crippen molar-refractivity contribution in [3.8, 4) is 11.5 Å². The van der Waals surface area contributed by atoms with Crippen LogP contribution in [0, 0.1) is 0 Å². The second-order valence-corrected chi connectivity index (χ2v) is 7.40. The standard InChI is InChI=1S/C25H29NO5/c27-24(26-16-15-20-7-3-1-4-8-20)18-31-25(28)19-30-23-13-11-22(12-14-23)29-17-21-9-5-2-6-10-21/h2,5-7,9-14H,1,3-4,8,15-19H2,(H,26,27). The first-order valence-electron chi connectivity index (χ1n) is 10.7. The van der Waals surface area contributed by atoms with Crippen molar-refractivity contribution in [3.05, 3.63) is 71.8 Å². The third-order valence-electron chi connectivity index (χ3n) is 4.95. The minimum atomic E-state index is -0.588. The summed E-state index contributed by atoms with van der Waals surface area (Å²) in [5.41, 5.74) is 2.48. The molecule has 0 saturated heterocycles. The van der Waals surface area contributed by atoms with Crippen LogP contribution in [0.25, 0.3) is 0 Å². The number of carbonyl (C=O) groups is 2. The van der Waals surface area contributed by atoms with E-state index in [4.69, 9.17) is 14.2 Å². The molecule has 3 rings (SSSR count). The minimum absolute atomic E-state index is 0.260. The Hall–Kier alpha value is -3.28. The van der Waals surface area contributed by atoms with E-state index in [9.17, 15) is 9.59 Å². The Morgan fingerprint density at radius 2 is 1.61 bits per heavy atom. The molecule has 6 nitrogen and oxygen atoms in total. The van der Waals surface area contributed by atoms with Crippen LogP contribution in [-0.2, 0) is 20.9 Å². The maximum absolute atomic E-state index is 11.8. The lowest BCUT2D eigenvalue weighted by molar-refractivity contribution is -0.150. The Bertz CT molecular complexity index is 861. The molecule has 0 spiro atoms. The zero-order valence-corrected chi connectivity index (χ0v) is 17.7. The maximum Gasteiger partial charge on any atom is 0.344 e. The summed E-state index contributed by atoms with van der Waals surface area (Å²) in [5, 5.41) is 2.78. The number of ether oxygens (including phenoxy) is 3. The van der Waals surface area contributed by atoms with Crippen molar-refractivity contribution in [3.63, 3.8) is 0 Å². The van der Waals surface area contributed by atoms with E-state index >= 15 is 0 Å². The first kappa shape index (κ1) is 22.4. The Kier molecular flexibility index (Phi) is 8.98. The van der Waals surface area contributed by atoms with Crippen LogP contribution in [0.4, 0.5) is 0 Å². The van der Waals surface area contributed by atoms with Gasteiger partial charge < -0.3 is 19.5 Å². The van der Waals surface area contributed by atoms with E-state index < -0.39 is 5.97 Å². The molecule has 0 atom stereocenters. The average Bonchev–Trinajstić information content (AvgIpc) is 2.82. The van der Waals surface area contributed by atoms with Gasteiger partial charge in [0, 0.05) is 6.54 Å². The molecule has 0 saturated carbocycles. The van der Waals surface area contributed by atoms with E-state index in [2.05, 4.69) is 11.4 Å². The molecule has 164 valence electrons. The molecular weight excluding hydrogens is 394 g/mol. The summed E-state index contributed by atoms with van der Waals surface area (Å²) >= 11 is 0. The molecule has 0 aliphatic heterocycles. The normalized spacial score (nSPS) is 13.1. The molecule has 0 aromatic heterocycles. The molecule has 0 radical (unpaired) electrons. The van der Waals surface area contributed by atoms with Gasteiger partial charge in [0.2, 0.25) is 0 Å². The van der Waals surface area contributed by atoms with Crippen molar-refractivity contribution < 1.29 is 23.8 Å². The molecule has 1 aliphatic carbocycles. The number of esters is 1. The third-order valence-corrected chi connectivity index (χ3v) is 4.95. The molecule has 0 heterocycles. The topological polar surface area (TPSA) is 73.9 Å². The van der Waals surface area contributed by atoms with Gasteiger partial charge >= 0.3 is 5.97 Å². The van der Waals surface area contributed by atoms with Crippen LogP contribution in [0.3, 0.4) is 0 Å². The second kappa shape index (κ2) is 12.4. The highest BCUT2D eigenvalue weighted by atomic mass is 16.6. The number of rotatable bonds is 11. The zero-order valence-electron chi connectivity index (χ0n) is 17.7. The average molecular weight is 424 g/mol. The van der Waals surface area contributed by atoms with Crippen LogP contribution in [-0.4, -0.2) is 31.6 Å². The molecule has 1 aliphatic rings. The van der Waals surface area contributed by atoms with Crippen molar-refractivity contribution in [1.82, 2.24) is 5.32 Å². The summed E-state index contributed by atoms with van der Waals surface area (Å²) in [6, 6.07) is 16.9. The Labute approximate surface area is 183 Å². The van der Waals surface area contributed by atoms with Gasteiger partial charge in [-0.2, -0.15) is 0 Å². The summed E-state index contributed by atoms with van der Waals surface area (Å²) in [6.45, 7) is 0.488. The molecule has 31 heavy (non-hydrogen) atoms. The van der Waals surface area contributed by atoms with Crippen LogP contribution >= 0.6 is 0 Å². The molecule has 0 fully saturated rings. The van der Waals surface area contributed by atoms with Crippen LogP contribution in [0.5, 0.6) is 11.5 Å². The molecule has 6 heteroatoms. The summed E-state index contributed by atoms with van der Waals surface area (Å²) in [5.74, 6) is 0.341. The summed E-state index contributed by atoms with van der Waals surface area (Å²) < 4.78 is 16.1. The predicted molar refractivity (Wildman–Crippen MR) is 118 cm³/mol. The number of nitrogens with one attached hydrogen (secondary N) is 1. The highest BCUT2D eigenvalue weighted by molar-refractivity contribution is 5.80. The van der Waals surface area contributed by atoms with E-state index in [1.807, 2.05) is 30.3 Å². The Morgan fingerprint density at radius 1 is 0.871 bits per heavy atom. The largest absolute Gasteiger partial charge is 0.489 e. The van der Waals surface area contributed by atoms with Gasteiger partial charge in [-0.25, -0.2) is 4.79 Å². The summed E-state index contributed by atoms with van der Waals surface area (Å²) in [7, 11) is 0. The monoisotopic (exact) mass is 423 g/mol. The van der Waals surface area contributed by atoms with Crippen molar-refractivity contribution in [2.24, 2.45) is 0 Å². The van der Waals surface area contributed by atoms with E-state index in [1.165, 1.54) is 18.4 Å². The second-order valence-electron chi connectivity index (χ2n) is 7.40. The van der Waals surface area contributed by atoms with Gasteiger partial charge in [-0.3, -0.25) is 4.79 Å². The molecular formula is C25H29NO5. The van der Waals surface area contributed by atoms with Crippen molar-refractivity contribution in [1.29, 1.82) is 0 Å².